The van der Waals surface area contributed by atoms with Crippen LogP contribution in [-0.2, 0) is 0 Å². The van der Waals surface area contributed by atoms with Crippen molar-refractivity contribution in [2.75, 3.05) is 5.32 Å². The maximum atomic E-state index is 12.2. The van der Waals surface area contributed by atoms with Crippen LogP contribution in [-0.4, -0.2) is 20.9 Å². The van der Waals surface area contributed by atoms with Crippen LogP contribution in [0, 0.1) is 20.2 Å². The number of benzene rings is 2. The van der Waals surface area contributed by atoms with Crippen molar-refractivity contribution in [3.05, 3.63) is 71.7 Å². The van der Waals surface area contributed by atoms with Crippen LogP contribution in [0.25, 0.3) is 0 Å². The van der Waals surface area contributed by atoms with Crippen LogP contribution in [0.3, 0.4) is 0 Å². The molecule has 0 aromatic heterocycles. The lowest BCUT2D eigenvalue weighted by Crippen LogP contribution is -2.34. The lowest BCUT2D eigenvalue weighted by atomic mass is 10.1. The van der Waals surface area contributed by atoms with Gasteiger partial charge in [-0.15, -0.1) is 0 Å². The van der Waals surface area contributed by atoms with Crippen molar-refractivity contribution in [3.8, 4) is 0 Å². The number of amides is 1. The van der Waals surface area contributed by atoms with Crippen LogP contribution < -0.4 is 10.6 Å². The van der Waals surface area contributed by atoms with Crippen molar-refractivity contribution in [1.29, 1.82) is 0 Å². The molecule has 0 aliphatic heterocycles. The summed E-state index contributed by atoms with van der Waals surface area (Å²) in [5, 5.41) is 27.1. The number of hydrogen-bond donors (Lipinski definition) is 2. The van der Waals surface area contributed by atoms with Gasteiger partial charge in [-0.1, -0.05) is 11.6 Å². The normalized spacial score (nSPS) is 10.1. The van der Waals surface area contributed by atoms with E-state index in [0.717, 1.165) is 18.2 Å². The Balaban J connectivity index is 2.18. The number of anilines is 1. The number of thiocarbonyl (C=S) groups is 1. The zero-order chi connectivity index (χ0) is 19.4. The molecule has 0 aliphatic rings. The lowest BCUT2D eigenvalue weighted by Gasteiger charge is -2.10. The van der Waals surface area contributed by atoms with Crippen LogP contribution in [0.2, 0.25) is 5.02 Å². The summed E-state index contributed by atoms with van der Waals surface area (Å²) in [7, 11) is 0. The Morgan fingerprint density at radius 3 is 2.15 bits per heavy atom. The van der Waals surface area contributed by atoms with E-state index < -0.39 is 27.1 Å². The van der Waals surface area contributed by atoms with Gasteiger partial charge in [-0.3, -0.25) is 30.3 Å². The van der Waals surface area contributed by atoms with E-state index in [1.807, 2.05) is 0 Å². The zero-order valence-corrected chi connectivity index (χ0v) is 15.7. The monoisotopic (exact) mass is 458 g/mol. The third kappa shape index (κ3) is 4.94. The number of halogens is 2. The van der Waals surface area contributed by atoms with Gasteiger partial charge in [0.1, 0.15) is 0 Å². The summed E-state index contributed by atoms with van der Waals surface area (Å²) in [6.45, 7) is 0. The first kappa shape index (κ1) is 19.7. The molecule has 26 heavy (non-hydrogen) atoms. The van der Waals surface area contributed by atoms with Gasteiger partial charge in [-0.25, -0.2) is 0 Å². The number of hydrogen-bond acceptors (Lipinski definition) is 6. The molecule has 0 radical (unpaired) electrons. The van der Waals surface area contributed by atoms with Crippen molar-refractivity contribution in [2.45, 2.75) is 0 Å². The van der Waals surface area contributed by atoms with Crippen molar-refractivity contribution in [3.63, 3.8) is 0 Å². The highest BCUT2D eigenvalue weighted by Gasteiger charge is 2.20. The minimum absolute atomic E-state index is 0.109. The Labute approximate surface area is 164 Å². The topological polar surface area (TPSA) is 127 Å². The minimum atomic E-state index is -0.836. The second-order valence-electron chi connectivity index (χ2n) is 4.79. The maximum absolute atomic E-state index is 12.2. The summed E-state index contributed by atoms with van der Waals surface area (Å²) >= 11 is 14.2. The molecule has 134 valence electrons. The molecule has 2 aromatic carbocycles. The Kier molecular flexibility index (Phi) is 6.18. The van der Waals surface area contributed by atoms with Gasteiger partial charge in [0.2, 0.25) is 0 Å². The van der Waals surface area contributed by atoms with E-state index in [1.165, 1.54) is 0 Å². The van der Waals surface area contributed by atoms with Crippen molar-refractivity contribution in [1.82, 2.24) is 5.32 Å². The molecule has 1 amide bonds. The largest absolute Gasteiger partial charge is 0.332 e. The van der Waals surface area contributed by atoms with Gasteiger partial charge in [0.05, 0.1) is 26.5 Å². The van der Waals surface area contributed by atoms with Gasteiger partial charge in [-0.2, -0.15) is 0 Å². The molecule has 2 N–H and O–H groups in total. The highest BCUT2D eigenvalue weighted by Crippen LogP contribution is 2.25. The summed E-state index contributed by atoms with van der Waals surface area (Å²) in [6, 6.07) is 7.47. The number of nitrogens with zero attached hydrogens (tertiary/aromatic N) is 2. The van der Waals surface area contributed by atoms with E-state index in [9.17, 15) is 25.0 Å². The molecular weight excluding hydrogens is 452 g/mol. The average molecular weight is 460 g/mol. The van der Waals surface area contributed by atoms with E-state index in [1.54, 1.807) is 18.2 Å². The first-order valence-corrected chi connectivity index (χ1v) is 8.26. The molecule has 2 aromatic rings. The molecule has 0 heterocycles. The molecular formula is C14H8BrClN4O5S. The van der Waals surface area contributed by atoms with Gasteiger partial charge in [0.25, 0.3) is 17.3 Å². The molecule has 0 saturated heterocycles. The Morgan fingerprint density at radius 2 is 1.65 bits per heavy atom. The van der Waals surface area contributed by atoms with E-state index in [-0.39, 0.29) is 10.7 Å². The fourth-order valence-electron chi connectivity index (χ4n) is 1.85. The molecule has 0 bridgehead atoms. The second kappa shape index (κ2) is 8.17. The highest BCUT2D eigenvalue weighted by atomic mass is 79.9. The summed E-state index contributed by atoms with van der Waals surface area (Å²) in [4.78, 5) is 32.3. The number of nitrogens with one attached hydrogen (secondary N) is 2. The fourth-order valence-corrected chi connectivity index (χ4v) is 2.49. The predicted molar refractivity (Wildman–Crippen MR) is 103 cm³/mol. The van der Waals surface area contributed by atoms with E-state index in [2.05, 4.69) is 26.6 Å². The first-order valence-electron chi connectivity index (χ1n) is 6.68. The Bertz CT molecular complexity index is 907. The smallest absolute Gasteiger partial charge is 0.277 e. The fraction of sp³-hybridized carbons (Fsp3) is 0. The number of nitro groups is 2. The summed E-state index contributed by atoms with van der Waals surface area (Å²) in [5.74, 6) is -0.836. The molecule has 0 fully saturated rings. The third-order valence-electron chi connectivity index (χ3n) is 2.99. The molecule has 0 saturated carbocycles. The molecule has 0 aliphatic carbocycles. The molecule has 0 atom stereocenters. The predicted octanol–water partition coefficient (Wildman–Crippen LogP) is 4.05. The summed E-state index contributed by atoms with van der Waals surface area (Å²) < 4.78 is 0.670. The number of carbonyl (C=O) groups excluding carboxylic acids is 1. The van der Waals surface area contributed by atoms with E-state index in [0.29, 0.717) is 15.2 Å². The minimum Gasteiger partial charge on any atom is -0.332 e. The van der Waals surface area contributed by atoms with Gasteiger partial charge in [0.15, 0.2) is 5.11 Å². The molecule has 0 spiro atoms. The third-order valence-corrected chi connectivity index (χ3v) is 4.43. The Morgan fingerprint density at radius 1 is 1.08 bits per heavy atom. The Hall–Kier alpha value is -2.63. The first-order chi connectivity index (χ1) is 12.2. The van der Waals surface area contributed by atoms with E-state index in [4.69, 9.17) is 23.8 Å². The molecule has 0 unspecified atom stereocenters. The van der Waals surface area contributed by atoms with Gasteiger partial charge < -0.3 is 5.32 Å². The van der Waals surface area contributed by atoms with Crippen molar-refractivity contribution in [2.24, 2.45) is 0 Å². The number of nitro benzene ring substituents is 2. The summed E-state index contributed by atoms with van der Waals surface area (Å²) in [5.41, 5.74) is -0.941. The van der Waals surface area contributed by atoms with Crippen LogP contribution in [0.15, 0.2) is 40.9 Å². The van der Waals surface area contributed by atoms with Crippen molar-refractivity contribution >= 4 is 67.8 Å². The number of rotatable bonds is 4. The van der Waals surface area contributed by atoms with Gasteiger partial charge >= 0.3 is 0 Å². The van der Waals surface area contributed by atoms with Gasteiger partial charge in [0, 0.05) is 22.3 Å². The van der Waals surface area contributed by atoms with Crippen LogP contribution in [0.5, 0.6) is 0 Å². The quantitative estimate of drug-likeness (QED) is 0.401. The average Bonchev–Trinajstić information content (AvgIpc) is 2.57. The van der Waals surface area contributed by atoms with Gasteiger partial charge in [-0.05, 0) is 46.3 Å². The van der Waals surface area contributed by atoms with Crippen molar-refractivity contribution < 1.29 is 14.6 Å². The van der Waals surface area contributed by atoms with Crippen LogP contribution in [0.1, 0.15) is 10.4 Å². The zero-order valence-electron chi connectivity index (χ0n) is 12.6. The summed E-state index contributed by atoms with van der Waals surface area (Å²) in [6.07, 6.45) is 0. The molecule has 9 nitrogen and oxygen atoms in total. The molecule has 2 rings (SSSR count). The second-order valence-corrected chi connectivity index (χ2v) is 6.46. The SMILES string of the molecule is O=C(NC(=S)Nc1ccc(Br)c(Cl)c1)c1cc([N+](=O)[O-])cc([N+](=O)[O-])c1. The standard InChI is InChI=1S/C14H8BrClN4O5S/c15-11-2-1-8(5-12(11)16)17-14(26)18-13(21)7-3-9(19(22)23)6-10(4-7)20(24)25/h1-6H,(H2,17,18,21,26). The number of non-ortho nitro benzene ring substituents is 2. The number of carbonyl (C=O) groups is 1. The lowest BCUT2D eigenvalue weighted by molar-refractivity contribution is -0.394. The maximum Gasteiger partial charge on any atom is 0.277 e. The van der Waals surface area contributed by atoms with E-state index >= 15 is 0 Å². The molecule has 12 heteroatoms. The van der Waals surface area contributed by atoms with Crippen LogP contribution >= 0.6 is 39.7 Å². The van der Waals surface area contributed by atoms with Crippen LogP contribution in [0.4, 0.5) is 17.1 Å². The highest BCUT2D eigenvalue weighted by molar-refractivity contribution is 9.10.